The first-order valence-corrected chi connectivity index (χ1v) is 9.00. The van der Waals surface area contributed by atoms with Crippen LogP contribution in [-0.4, -0.2) is 25.3 Å². The highest BCUT2D eigenvalue weighted by molar-refractivity contribution is 7.19. The van der Waals surface area contributed by atoms with E-state index in [-0.39, 0.29) is 0 Å². The number of nitrogens with one attached hydrogen (secondary N) is 1. The zero-order valence-electron chi connectivity index (χ0n) is 12.8. The number of thiophene rings is 2. The summed E-state index contributed by atoms with van der Waals surface area (Å²) in [5.74, 6) is 0.669. The summed E-state index contributed by atoms with van der Waals surface area (Å²) in [6.45, 7) is 2.04. The molecule has 120 valence electrons. The van der Waals surface area contributed by atoms with Crippen molar-refractivity contribution in [3.63, 3.8) is 0 Å². The van der Waals surface area contributed by atoms with Crippen LogP contribution in [0.2, 0.25) is 0 Å². The molecule has 1 atom stereocenters. The number of H-pyrrole nitrogens is 1. The second kappa shape index (κ2) is 6.27. The van der Waals surface area contributed by atoms with Gasteiger partial charge in [-0.2, -0.15) is 0 Å². The van der Waals surface area contributed by atoms with Gasteiger partial charge in [0.2, 0.25) is 0 Å². The summed E-state index contributed by atoms with van der Waals surface area (Å²) in [4.78, 5) is 11.2. The number of rotatable bonds is 4. The van der Waals surface area contributed by atoms with Crippen molar-refractivity contribution in [2.75, 3.05) is 0 Å². The van der Waals surface area contributed by atoms with Crippen molar-refractivity contribution in [2.24, 2.45) is 0 Å². The maximum Gasteiger partial charge on any atom is 0.171 e. The van der Waals surface area contributed by atoms with Crippen LogP contribution in [0.3, 0.4) is 0 Å². The second-order valence-electron chi connectivity index (χ2n) is 5.32. The first-order chi connectivity index (χ1) is 11.7. The van der Waals surface area contributed by atoms with Crippen molar-refractivity contribution in [3.05, 3.63) is 64.4 Å². The molecule has 2 N–H and O–H groups in total. The highest BCUT2D eigenvalue weighted by Gasteiger charge is 2.22. The number of aromatic amines is 1. The van der Waals surface area contributed by atoms with Crippen LogP contribution < -0.4 is 0 Å². The van der Waals surface area contributed by atoms with Crippen molar-refractivity contribution in [3.8, 4) is 21.1 Å². The molecule has 7 heteroatoms. The lowest BCUT2D eigenvalue weighted by atomic mass is 10.1. The SMILES string of the molecule is Cc1ccc(C(O)c2cc(-c3ccncc3)sc2-c2nnc[nH]2)s1. The topological polar surface area (TPSA) is 74.7 Å². The molecule has 24 heavy (non-hydrogen) atoms. The quantitative estimate of drug-likeness (QED) is 0.580. The standard InChI is InChI=1S/C17H14N4OS2/c1-10-2-3-13(23-10)15(22)12-8-14(11-4-6-18-7-5-11)24-16(12)17-19-9-20-21-17/h2-9,15,22H,1H3,(H,19,20,21). The Bertz CT molecular complexity index is 944. The fourth-order valence-corrected chi connectivity index (χ4v) is 4.55. The van der Waals surface area contributed by atoms with Crippen molar-refractivity contribution >= 4 is 22.7 Å². The molecule has 0 aliphatic carbocycles. The number of nitrogens with zero attached hydrogens (tertiary/aromatic N) is 3. The fraction of sp³-hybridized carbons (Fsp3) is 0.118. The highest BCUT2D eigenvalue weighted by Crippen LogP contribution is 2.42. The molecule has 1 unspecified atom stereocenters. The van der Waals surface area contributed by atoms with Gasteiger partial charge < -0.3 is 10.1 Å². The van der Waals surface area contributed by atoms with E-state index in [0.717, 1.165) is 25.8 Å². The van der Waals surface area contributed by atoms with E-state index in [1.165, 1.54) is 4.88 Å². The maximum absolute atomic E-state index is 10.9. The van der Waals surface area contributed by atoms with Gasteiger partial charge in [0.25, 0.3) is 0 Å². The normalized spacial score (nSPS) is 12.4. The minimum atomic E-state index is -0.685. The Morgan fingerprint density at radius 2 is 1.96 bits per heavy atom. The molecule has 0 aromatic carbocycles. The van der Waals surface area contributed by atoms with Crippen LogP contribution in [0.1, 0.15) is 21.4 Å². The predicted octanol–water partition coefficient (Wildman–Crippen LogP) is 4.05. The van der Waals surface area contributed by atoms with E-state index in [4.69, 9.17) is 0 Å². The smallest absolute Gasteiger partial charge is 0.171 e. The molecular formula is C17H14N4OS2. The fourth-order valence-electron chi connectivity index (χ4n) is 2.52. The lowest BCUT2D eigenvalue weighted by molar-refractivity contribution is 0.225. The highest BCUT2D eigenvalue weighted by atomic mass is 32.1. The number of aromatic nitrogens is 4. The van der Waals surface area contributed by atoms with Gasteiger partial charge in [-0.25, -0.2) is 0 Å². The number of hydrogen-bond donors (Lipinski definition) is 2. The minimum Gasteiger partial charge on any atom is -0.383 e. The molecule has 5 nitrogen and oxygen atoms in total. The van der Waals surface area contributed by atoms with E-state index in [9.17, 15) is 5.11 Å². The van der Waals surface area contributed by atoms with Crippen molar-refractivity contribution in [1.82, 2.24) is 20.2 Å². The van der Waals surface area contributed by atoms with Crippen LogP contribution in [-0.2, 0) is 0 Å². The summed E-state index contributed by atoms with van der Waals surface area (Å²) < 4.78 is 0. The molecule has 0 saturated heterocycles. The molecular weight excluding hydrogens is 340 g/mol. The van der Waals surface area contributed by atoms with Gasteiger partial charge in [0, 0.05) is 32.6 Å². The summed E-state index contributed by atoms with van der Waals surface area (Å²) >= 11 is 3.18. The summed E-state index contributed by atoms with van der Waals surface area (Å²) in [7, 11) is 0. The van der Waals surface area contributed by atoms with Gasteiger partial charge in [0.1, 0.15) is 12.4 Å². The van der Waals surface area contributed by atoms with E-state index in [2.05, 4.69) is 20.2 Å². The van der Waals surface area contributed by atoms with Crippen LogP contribution >= 0.6 is 22.7 Å². The molecule has 4 heterocycles. The van der Waals surface area contributed by atoms with E-state index >= 15 is 0 Å². The average Bonchev–Trinajstić information content (AvgIpc) is 3.35. The Morgan fingerprint density at radius 3 is 2.62 bits per heavy atom. The van der Waals surface area contributed by atoms with Gasteiger partial charge in [-0.15, -0.1) is 32.9 Å². The van der Waals surface area contributed by atoms with E-state index in [1.54, 1.807) is 41.4 Å². The van der Waals surface area contributed by atoms with Crippen LogP contribution in [0.25, 0.3) is 21.1 Å². The Balaban J connectivity index is 1.84. The zero-order valence-corrected chi connectivity index (χ0v) is 14.4. The Hall–Kier alpha value is -2.35. The average molecular weight is 354 g/mol. The summed E-state index contributed by atoms with van der Waals surface area (Å²) in [5, 5.41) is 18.9. The number of hydrogen-bond acceptors (Lipinski definition) is 6. The van der Waals surface area contributed by atoms with Crippen molar-refractivity contribution < 1.29 is 5.11 Å². The number of aliphatic hydroxyl groups excluding tert-OH is 1. The van der Waals surface area contributed by atoms with Crippen molar-refractivity contribution in [2.45, 2.75) is 13.0 Å². The molecule has 4 aromatic rings. The van der Waals surface area contributed by atoms with Gasteiger partial charge in [0.15, 0.2) is 5.82 Å². The monoisotopic (exact) mass is 354 g/mol. The predicted molar refractivity (Wildman–Crippen MR) is 96.0 cm³/mol. The molecule has 0 amide bonds. The molecule has 0 radical (unpaired) electrons. The molecule has 4 aromatic heterocycles. The zero-order chi connectivity index (χ0) is 16.5. The van der Waals surface area contributed by atoms with Gasteiger partial charge >= 0.3 is 0 Å². The Kier molecular flexibility index (Phi) is 3.97. The third kappa shape index (κ3) is 2.77. The summed E-state index contributed by atoms with van der Waals surface area (Å²) in [6, 6.07) is 9.94. The van der Waals surface area contributed by atoms with Gasteiger partial charge in [0.05, 0.1) is 4.88 Å². The lowest BCUT2D eigenvalue weighted by Crippen LogP contribution is -1.97. The summed E-state index contributed by atoms with van der Waals surface area (Å²) in [6.07, 6.45) is 4.40. The largest absolute Gasteiger partial charge is 0.383 e. The molecule has 0 bridgehead atoms. The van der Waals surface area contributed by atoms with Gasteiger partial charge in [-0.3, -0.25) is 4.98 Å². The minimum absolute atomic E-state index is 0.669. The van der Waals surface area contributed by atoms with Gasteiger partial charge in [-0.05, 0) is 42.8 Å². The first kappa shape index (κ1) is 15.2. The van der Waals surface area contributed by atoms with Crippen LogP contribution in [0.4, 0.5) is 0 Å². The molecule has 0 spiro atoms. The van der Waals surface area contributed by atoms with Gasteiger partial charge in [-0.1, -0.05) is 0 Å². The van der Waals surface area contributed by atoms with Crippen LogP contribution in [0.5, 0.6) is 0 Å². The molecule has 0 fully saturated rings. The van der Waals surface area contributed by atoms with Crippen molar-refractivity contribution in [1.29, 1.82) is 0 Å². The summed E-state index contributed by atoms with van der Waals surface area (Å²) in [5.41, 5.74) is 1.90. The van der Waals surface area contributed by atoms with Crippen LogP contribution in [0.15, 0.2) is 49.1 Å². The lowest BCUT2D eigenvalue weighted by Gasteiger charge is -2.08. The third-order valence-electron chi connectivity index (χ3n) is 3.68. The Labute approximate surface area is 146 Å². The number of aryl methyl sites for hydroxylation is 1. The number of pyridine rings is 1. The molecule has 0 saturated carbocycles. The van der Waals surface area contributed by atoms with E-state index in [1.807, 2.05) is 37.3 Å². The second-order valence-corrected chi connectivity index (χ2v) is 7.69. The third-order valence-corrected chi connectivity index (χ3v) is 5.94. The van der Waals surface area contributed by atoms with E-state index < -0.39 is 6.10 Å². The van der Waals surface area contributed by atoms with E-state index in [0.29, 0.717) is 5.82 Å². The number of aliphatic hydroxyl groups is 1. The maximum atomic E-state index is 10.9. The molecule has 0 aliphatic rings. The van der Waals surface area contributed by atoms with Crippen LogP contribution in [0, 0.1) is 6.92 Å². The Morgan fingerprint density at radius 1 is 1.12 bits per heavy atom. The molecule has 0 aliphatic heterocycles. The molecule has 4 rings (SSSR count). The first-order valence-electron chi connectivity index (χ1n) is 7.37.